The molecule has 0 saturated heterocycles. The van der Waals surface area contributed by atoms with Crippen molar-refractivity contribution < 1.29 is 9.53 Å². The molecule has 0 spiro atoms. The number of benzene rings is 2. The van der Waals surface area contributed by atoms with Crippen LogP contribution in [0.1, 0.15) is 37.6 Å². The maximum Gasteiger partial charge on any atom is 0.248 e. The second-order valence-corrected chi connectivity index (χ2v) is 7.28. The van der Waals surface area contributed by atoms with Gasteiger partial charge in [0.15, 0.2) is 5.82 Å². The van der Waals surface area contributed by atoms with Gasteiger partial charge in [-0.1, -0.05) is 36.8 Å². The minimum absolute atomic E-state index is 0.196. The quantitative estimate of drug-likeness (QED) is 0.606. The number of carbonyl (C=O) groups is 1. The molecule has 1 N–H and O–H groups in total. The van der Waals surface area contributed by atoms with E-state index in [2.05, 4.69) is 20.1 Å². The Morgan fingerprint density at radius 3 is 2.93 bits per heavy atom. The highest BCUT2D eigenvalue weighted by molar-refractivity contribution is 6.02. The molecule has 2 aromatic carbocycles. The van der Waals surface area contributed by atoms with Crippen LogP contribution < -0.4 is 10.1 Å². The Bertz CT molecular complexity index is 1050. The summed E-state index contributed by atoms with van der Waals surface area (Å²) in [4.78, 5) is 12.5. The Balaban J connectivity index is 1.49. The second-order valence-electron chi connectivity index (χ2n) is 7.28. The van der Waals surface area contributed by atoms with Crippen LogP contribution in [-0.2, 0) is 17.8 Å². The molecule has 0 saturated carbocycles. The summed E-state index contributed by atoms with van der Waals surface area (Å²) in [7, 11) is 0. The Labute approximate surface area is 176 Å². The second kappa shape index (κ2) is 9.39. The number of fused-ring (bicyclic) bond motifs is 1. The largest absolute Gasteiger partial charge is 0.493 e. The highest BCUT2D eigenvalue weighted by Crippen LogP contribution is 2.25. The molecule has 0 fully saturated rings. The van der Waals surface area contributed by atoms with Crippen molar-refractivity contribution >= 4 is 17.7 Å². The third kappa shape index (κ3) is 4.59. The number of nitrogens with one attached hydrogen (secondary N) is 1. The lowest BCUT2D eigenvalue weighted by Crippen LogP contribution is -2.08. The van der Waals surface area contributed by atoms with Crippen LogP contribution in [0.5, 0.6) is 5.75 Å². The van der Waals surface area contributed by atoms with Gasteiger partial charge in [-0.2, -0.15) is 0 Å². The van der Waals surface area contributed by atoms with Crippen molar-refractivity contribution in [1.82, 2.24) is 14.8 Å². The highest BCUT2D eigenvalue weighted by atomic mass is 16.5. The molecule has 2 heterocycles. The van der Waals surface area contributed by atoms with Crippen molar-refractivity contribution in [3.05, 3.63) is 66.0 Å². The molecular formula is C24H26N4O2. The monoisotopic (exact) mass is 402 g/mol. The number of anilines is 1. The third-order valence-electron chi connectivity index (χ3n) is 5.13. The average Bonchev–Trinajstić information content (AvgIpc) is 3.02. The average molecular weight is 402 g/mol. The van der Waals surface area contributed by atoms with Gasteiger partial charge >= 0.3 is 0 Å². The predicted molar refractivity (Wildman–Crippen MR) is 118 cm³/mol. The predicted octanol–water partition coefficient (Wildman–Crippen LogP) is 4.72. The lowest BCUT2D eigenvalue weighted by Gasteiger charge is -2.09. The number of amides is 1. The normalized spacial score (nSPS) is 13.6. The van der Waals surface area contributed by atoms with Gasteiger partial charge in [-0.3, -0.25) is 4.79 Å². The summed E-state index contributed by atoms with van der Waals surface area (Å²) in [5, 5.41) is 11.7. The van der Waals surface area contributed by atoms with E-state index in [0.29, 0.717) is 6.61 Å². The molecule has 6 nitrogen and oxygen atoms in total. The van der Waals surface area contributed by atoms with Crippen molar-refractivity contribution in [2.24, 2.45) is 0 Å². The van der Waals surface area contributed by atoms with E-state index in [0.717, 1.165) is 60.0 Å². The molecule has 4 rings (SSSR count). The van der Waals surface area contributed by atoms with Crippen molar-refractivity contribution in [3.63, 3.8) is 0 Å². The molecule has 1 amide bonds. The molecule has 30 heavy (non-hydrogen) atoms. The number of nitrogens with zero attached hydrogens (tertiary/aromatic N) is 3. The van der Waals surface area contributed by atoms with Crippen molar-refractivity contribution in [1.29, 1.82) is 0 Å². The zero-order valence-electron chi connectivity index (χ0n) is 17.2. The highest BCUT2D eigenvalue weighted by Gasteiger charge is 2.16. The van der Waals surface area contributed by atoms with E-state index in [9.17, 15) is 4.79 Å². The van der Waals surface area contributed by atoms with E-state index in [-0.39, 0.29) is 5.91 Å². The van der Waals surface area contributed by atoms with E-state index < -0.39 is 0 Å². The first-order valence-electron chi connectivity index (χ1n) is 10.5. The van der Waals surface area contributed by atoms with Gasteiger partial charge in [0.25, 0.3) is 0 Å². The number of para-hydroxylation sites is 1. The van der Waals surface area contributed by atoms with Gasteiger partial charge in [-0.15, -0.1) is 10.2 Å². The zero-order chi connectivity index (χ0) is 20.8. The summed E-state index contributed by atoms with van der Waals surface area (Å²) < 4.78 is 7.81. The molecule has 154 valence electrons. The molecule has 1 aliphatic heterocycles. The Morgan fingerprint density at radius 1 is 1.13 bits per heavy atom. The third-order valence-corrected chi connectivity index (χ3v) is 5.13. The van der Waals surface area contributed by atoms with E-state index in [1.165, 1.54) is 12.5 Å². The molecule has 0 radical (unpaired) electrons. The number of rotatable bonds is 6. The van der Waals surface area contributed by atoms with Gasteiger partial charge in [-0.25, -0.2) is 0 Å². The van der Waals surface area contributed by atoms with E-state index in [1.54, 1.807) is 6.08 Å². The van der Waals surface area contributed by atoms with Crippen LogP contribution in [0.25, 0.3) is 17.5 Å². The molecule has 0 bridgehead atoms. The van der Waals surface area contributed by atoms with Crippen LogP contribution >= 0.6 is 0 Å². The summed E-state index contributed by atoms with van der Waals surface area (Å²) in [6.07, 6.45) is 7.78. The number of ether oxygens (including phenoxy) is 1. The summed E-state index contributed by atoms with van der Waals surface area (Å²) in [6, 6.07) is 15.4. The minimum Gasteiger partial charge on any atom is -0.493 e. The van der Waals surface area contributed by atoms with Gasteiger partial charge in [-0.05, 0) is 44.0 Å². The Morgan fingerprint density at radius 2 is 2.03 bits per heavy atom. The fraction of sp³-hybridized carbons (Fsp3) is 0.292. The molecule has 1 aromatic heterocycles. The smallest absolute Gasteiger partial charge is 0.248 e. The van der Waals surface area contributed by atoms with E-state index >= 15 is 0 Å². The van der Waals surface area contributed by atoms with Gasteiger partial charge in [0.2, 0.25) is 5.91 Å². The maximum atomic E-state index is 12.5. The van der Waals surface area contributed by atoms with Crippen molar-refractivity contribution in [2.75, 3.05) is 11.9 Å². The van der Waals surface area contributed by atoms with Crippen LogP contribution in [0.15, 0.2) is 54.6 Å². The molecule has 0 aliphatic carbocycles. The van der Waals surface area contributed by atoms with Gasteiger partial charge in [0.1, 0.15) is 11.6 Å². The van der Waals surface area contributed by atoms with Crippen LogP contribution in [0, 0.1) is 0 Å². The lowest BCUT2D eigenvalue weighted by molar-refractivity contribution is -0.111. The molecule has 0 unspecified atom stereocenters. The molecule has 0 atom stereocenters. The van der Waals surface area contributed by atoms with Crippen LogP contribution in [0.3, 0.4) is 0 Å². The Kier molecular flexibility index (Phi) is 6.23. The topological polar surface area (TPSA) is 69.0 Å². The van der Waals surface area contributed by atoms with Gasteiger partial charge in [0, 0.05) is 35.9 Å². The minimum atomic E-state index is -0.196. The van der Waals surface area contributed by atoms with Crippen molar-refractivity contribution in [2.45, 2.75) is 39.2 Å². The Hall–Kier alpha value is -3.41. The molecule has 1 aliphatic rings. The van der Waals surface area contributed by atoms with Crippen LogP contribution in [0.4, 0.5) is 5.69 Å². The first-order valence-corrected chi connectivity index (χ1v) is 10.5. The zero-order valence-corrected chi connectivity index (χ0v) is 17.2. The summed E-state index contributed by atoms with van der Waals surface area (Å²) in [6.45, 7) is 3.46. The number of hydrogen-bond acceptors (Lipinski definition) is 4. The summed E-state index contributed by atoms with van der Waals surface area (Å²) in [5.74, 6) is 2.48. The SMILES string of the molecule is CCOc1ccccc1/C=C/C(=O)Nc1cccc(-c2nnc3n2CCCCC3)c1. The van der Waals surface area contributed by atoms with Crippen LogP contribution in [0.2, 0.25) is 0 Å². The fourth-order valence-corrected chi connectivity index (χ4v) is 3.69. The fourth-order valence-electron chi connectivity index (χ4n) is 3.69. The first kappa shape index (κ1) is 19.9. The molecular weight excluding hydrogens is 376 g/mol. The summed E-state index contributed by atoms with van der Waals surface area (Å²) in [5.41, 5.74) is 2.56. The molecule has 6 heteroatoms. The molecule has 3 aromatic rings. The summed E-state index contributed by atoms with van der Waals surface area (Å²) >= 11 is 0. The van der Waals surface area contributed by atoms with Crippen molar-refractivity contribution in [3.8, 4) is 17.1 Å². The number of aromatic nitrogens is 3. The van der Waals surface area contributed by atoms with E-state index in [4.69, 9.17) is 4.74 Å². The van der Waals surface area contributed by atoms with Gasteiger partial charge < -0.3 is 14.6 Å². The first-order chi connectivity index (χ1) is 14.7. The standard InChI is InChI=1S/C24H26N4O2/c1-2-30-21-12-6-5-9-18(21)14-15-23(29)25-20-11-8-10-19(17-20)24-27-26-22-13-4-3-7-16-28(22)24/h5-6,8-12,14-15,17H,2-4,7,13,16H2,1H3,(H,25,29)/b15-14+. The number of carbonyl (C=O) groups excluding carboxylic acids is 1. The van der Waals surface area contributed by atoms with Gasteiger partial charge in [0.05, 0.1) is 6.61 Å². The van der Waals surface area contributed by atoms with Crippen LogP contribution in [-0.4, -0.2) is 27.3 Å². The number of hydrogen-bond donors (Lipinski definition) is 1. The number of aryl methyl sites for hydroxylation is 1. The maximum absolute atomic E-state index is 12.5. The van der Waals surface area contributed by atoms with E-state index in [1.807, 2.05) is 55.5 Å². The lowest BCUT2D eigenvalue weighted by atomic mass is 10.1.